The van der Waals surface area contributed by atoms with Crippen LogP contribution in [0.25, 0.3) is 0 Å². The number of phenols is 2. The van der Waals surface area contributed by atoms with E-state index < -0.39 is 0 Å². The van der Waals surface area contributed by atoms with Crippen LogP contribution in [0.1, 0.15) is 0 Å². The molecule has 3 aromatic rings. The van der Waals surface area contributed by atoms with Crippen LogP contribution in [-0.4, -0.2) is 10.2 Å². The second-order valence-electron chi connectivity index (χ2n) is 4.89. The highest BCUT2D eigenvalue weighted by Crippen LogP contribution is 2.29. The molecular weight excluding hydrogens is 304 g/mol. The van der Waals surface area contributed by atoms with Gasteiger partial charge in [0.2, 0.25) is 0 Å². The summed E-state index contributed by atoms with van der Waals surface area (Å²) in [6.45, 7) is 0. The smallest absolute Gasteiger partial charge is 0.143 e. The summed E-state index contributed by atoms with van der Waals surface area (Å²) in [5, 5.41) is 35.4. The first-order chi connectivity index (χ1) is 11.7. The minimum atomic E-state index is 0.0781. The highest BCUT2D eigenvalue weighted by Gasteiger charge is 1.98. The second-order valence-corrected chi connectivity index (χ2v) is 4.89. The molecule has 0 aromatic heterocycles. The first kappa shape index (κ1) is 15.4. The average molecular weight is 318 g/mol. The van der Waals surface area contributed by atoms with E-state index >= 15 is 0 Å². The third-order valence-electron chi connectivity index (χ3n) is 3.16. The summed E-state index contributed by atoms with van der Waals surface area (Å²) in [5.41, 5.74) is 2.06. The van der Waals surface area contributed by atoms with E-state index in [1.165, 1.54) is 0 Å². The van der Waals surface area contributed by atoms with Gasteiger partial charge in [-0.2, -0.15) is 10.2 Å². The molecule has 0 heterocycles. The number of benzene rings is 3. The van der Waals surface area contributed by atoms with Crippen molar-refractivity contribution in [1.29, 1.82) is 0 Å². The molecule has 0 atom stereocenters. The Morgan fingerprint density at radius 2 is 0.833 bits per heavy atom. The number of para-hydroxylation sites is 2. The van der Waals surface area contributed by atoms with E-state index in [0.717, 1.165) is 0 Å². The van der Waals surface area contributed by atoms with Gasteiger partial charge in [-0.25, -0.2) is 0 Å². The average Bonchev–Trinajstić information content (AvgIpc) is 2.61. The molecule has 0 radical (unpaired) electrons. The molecule has 0 saturated carbocycles. The van der Waals surface area contributed by atoms with Crippen molar-refractivity contribution in [2.75, 3.05) is 0 Å². The number of nitrogens with zero attached hydrogens (tertiary/aromatic N) is 4. The normalized spacial score (nSPS) is 11.3. The molecule has 2 N–H and O–H groups in total. The summed E-state index contributed by atoms with van der Waals surface area (Å²) in [4.78, 5) is 0. The fourth-order valence-electron chi connectivity index (χ4n) is 1.91. The topological polar surface area (TPSA) is 89.9 Å². The third kappa shape index (κ3) is 3.80. The van der Waals surface area contributed by atoms with Crippen LogP contribution in [0.5, 0.6) is 11.5 Å². The molecular formula is C18H14N4O2. The highest BCUT2D eigenvalue weighted by atomic mass is 16.3. The predicted octanol–water partition coefficient (Wildman–Crippen LogP) is 5.93. The minimum Gasteiger partial charge on any atom is -0.506 e. The Morgan fingerprint density at radius 1 is 0.458 bits per heavy atom. The first-order valence-corrected chi connectivity index (χ1v) is 7.22. The van der Waals surface area contributed by atoms with E-state index in [9.17, 15) is 10.2 Å². The van der Waals surface area contributed by atoms with Gasteiger partial charge in [-0.1, -0.05) is 24.3 Å². The Kier molecular flexibility index (Phi) is 4.57. The summed E-state index contributed by atoms with van der Waals surface area (Å²) in [7, 11) is 0. The van der Waals surface area contributed by atoms with E-state index in [1.807, 2.05) is 0 Å². The van der Waals surface area contributed by atoms with Crippen LogP contribution in [0.3, 0.4) is 0 Å². The number of hydrogen-bond donors (Lipinski definition) is 2. The van der Waals surface area contributed by atoms with E-state index in [4.69, 9.17) is 0 Å². The lowest BCUT2D eigenvalue weighted by molar-refractivity contribution is 0.476. The summed E-state index contributed by atoms with van der Waals surface area (Å²) >= 11 is 0. The second kappa shape index (κ2) is 7.15. The van der Waals surface area contributed by atoms with Gasteiger partial charge in [-0.05, 0) is 48.5 Å². The Hall–Kier alpha value is -3.54. The zero-order valence-electron chi connectivity index (χ0n) is 12.6. The van der Waals surface area contributed by atoms with Crippen LogP contribution >= 0.6 is 0 Å². The highest BCUT2D eigenvalue weighted by molar-refractivity contribution is 5.52. The Labute approximate surface area is 138 Å². The van der Waals surface area contributed by atoms with Crippen molar-refractivity contribution in [2.45, 2.75) is 0 Å². The molecule has 0 bridgehead atoms. The summed E-state index contributed by atoms with van der Waals surface area (Å²) in [6, 6.07) is 20.4. The fourth-order valence-corrected chi connectivity index (χ4v) is 1.91. The number of rotatable bonds is 4. The minimum absolute atomic E-state index is 0.0781. The Bertz CT molecular complexity index is 815. The van der Waals surface area contributed by atoms with Gasteiger partial charge in [0.25, 0.3) is 0 Å². The molecule has 0 amide bonds. The fraction of sp³-hybridized carbons (Fsp3) is 0. The zero-order valence-corrected chi connectivity index (χ0v) is 12.6. The lowest BCUT2D eigenvalue weighted by atomic mass is 10.3. The van der Waals surface area contributed by atoms with E-state index in [0.29, 0.717) is 22.7 Å². The van der Waals surface area contributed by atoms with Crippen molar-refractivity contribution >= 4 is 22.7 Å². The largest absolute Gasteiger partial charge is 0.506 e. The van der Waals surface area contributed by atoms with Crippen LogP contribution in [0.4, 0.5) is 22.7 Å². The van der Waals surface area contributed by atoms with Gasteiger partial charge in [0, 0.05) is 0 Å². The molecule has 0 fully saturated rings. The molecule has 6 heteroatoms. The molecule has 0 aliphatic carbocycles. The predicted molar refractivity (Wildman–Crippen MR) is 91.0 cm³/mol. The molecule has 3 aromatic carbocycles. The van der Waals surface area contributed by atoms with Crippen LogP contribution in [0, 0.1) is 0 Å². The quantitative estimate of drug-likeness (QED) is 0.584. The lowest BCUT2D eigenvalue weighted by Gasteiger charge is -1.98. The molecule has 0 aliphatic rings. The van der Waals surface area contributed by atoms with Crippen molar-refractivity contribution in [3.63, 3.8) is 0 Å². The molecule has 0 unspecified atom stereocenters. The third-order valence-corrected chi connectivity index (χ3v) is 3.16. The Morgan fingerprint density at radius 3 is 1.21 bits per heavy atom. The van der Waals surface area contributed by atoms with Crippen molar-refractivity contribution < 1.29 is 10.2 Å². The van der Waals surface area contributed by atoms with Gasteiger partial charge in [0.1, 0.15) is 22.9 Å². The number of hydrogen-bond acceptors (Lipinski definition) is 6. The lowest BCUT2D eigenvalue weighted by Crippen LogP contribution is -1.68. The summed E-state index contributed by atoms with van der Waals surface area (Å²) in [6.07, 6.45) is 0. The maximum atomic E-state index is 9.63. The van der Waals surface area contributed by atoms with Gasteiger partial charge in [0.15, 0.2) is 0 Å². The standard InChI is InChI=1S/C18H14N4O2/c23-17-7-3-1-5-15(17)21-19-13-9-11-14(12-10-13)20-22-16-6-2-4-8-18(16)24/h1-12,23-24H. The van der Waals surface area contributed by atoms with Crippen LogP contribution < -0.4 is 0 Å². The molecule has 3 rings (SSSR count). The van der Waals surface area contributed by atoms with Crippen molar-refractivity contribution in [2.24, 2.45) is 20.5 Å². The first-order valence-electron chi connectivity index (χ1n) is 7.22. The number of azo groups is 2. The maximum Gasteiger partial charge on any atom is 0.143 e. The molecule has 0 aliphatic heterocycles. The number of phenolic OH excluding ortho intramolecular Hbond substituents is 2. The summed E-state index contributed by atoms with van der Waals surface area (Å²) in [5.74, 6) is 0.156. The van der Waals surface area contributed by atoms with Crippen molar-refractivity contribution in [1.82, 2.24) is 0 Å². The molecule has 6 nitrogen and oxygen atoms in total. The van der Waals surface area contributed by atoms with Crippen LogP contribution in [-0.2, 0) is 0 Å². The van der Waals surface area contributed by atoms with Crippen LogP contribution in [0.15, 0.2) is 93.3 Å². The van der Waals surface area contributed by atoms with Gasteiger partial charge in [-0.3, -0.25) is 0 Å². The van der Waals surface area contributed by atoms with Gasteiger partial charge in [-0.15, -0.1) is 10.2 Å². The molecule has 0 spiro atoms. The number of aromatic hydroxyl groups is 2. The van der Waals surface area contributed by atoms with Crippen molar-refractivity contribution in [3.8, 4) is 11.5 Å². The van der Waals surface area contributed by atoms with Gasteiger partial charge in [0.05, 0.1) is 11.4 Å². The summed E-state index contributed by atoms with van der Waals surface area (Å²) < 4.78 is 0. The Balaban J connectivity index is 1.72. The van der Waals surface area contributed by atoms with E-state index in [1.54, 1.807) is 72.8 Å². The van der Waals surface area contributed by atoms with E-state index in [2.05, 4.69) is 20.5 Å². The SMILES string of the molecule is Oc1ccccc1N=Nc1ccc(N=Nc2ccccc2O)cc1. The van der Waals surface area contributed by atoms with Gasteiger partial charge >= 0.3 is 0 Å². The maximum absolute atomic E-state index is 9.63. The van der Waals surface area contributed by atoms with Gasteiger partial charge < -0.3 is 10.2 Å². The van der Waals surface area contributed by atoms with Crippen LogP contribution in [0.2, 0.25) is 0 Å². The van der Waals surface area contributed by atoms with Crippen molar-refractivity contribution in [3.05, 3.63) is 72.8 Å². The molecule has 0 saturated heterocycles. The molecule has 24 heavy (non-hydrogen) atoms. The zero-order chi connectivity index (χ0) is 16.8. The van der Waals surface area contributed by atoms with E-state index in [-0.39, 0.29) is 11.5 Å². The molecule has 118 valence electrons. The monoisotopic (exact) mass is 318 g/mol.